The van der Waals surface area contributed by atoms with Crippen molar-refractivity contribution in [2.75, 3.05) is 52.4 Å². The summed E-state index contributed by atoms with van der Waals surface area (Å²) in [5.74, 6) is -0.478. The van der Waals surface area contributed by atoms with E-state index in [-0.39, 0.29) is 29.9 Å². The highest BCUT2D eigenvalue weighted by molar-refractivity contribution is 7.89. The molecule has 178 valence electrons. The number of nitrogens with zero attached hydrogens (tertiary/aromatic N) is 4. The molecule has 7 nitrogen and oxygen atoms in total. The van der Waals surface area contributed by atoms with Crippen LogP contribution in [0.15, 0.2) is 59.5 Å². The standard InChI is InChI=1S/C24H31FN4O3S/c1-20(24(30)28-12-10-26(11-13-28)19-21-6-3-2-4-7-21)27-14-16-29(17-15-27)33(31,32)23-9-5-8-22(25)18-23/h2-9,18,20H,10-17,19H2,1H3/t20-/m0/s1. The maximum absolute atomic E-state index is 13.5. The second-order valence-electron chi connectivity index (χ2n) is 8.66. The van der Waals surface area contributed by atoms with Crippen molar-refractivity contribution in [2.45, 2.75) is 24.4 Å². The normalized spacial score (nSPS) is 20.0. The lowest BCUT2D eigenvalue weighted by molar-refractivity contribution is -0.138. The van der Waals surface area contributed by atoms with Gasteiger partial charge in [0.15, 0.2) is 0 Å². The second-order valence-corrected chi connectivity index (χ2v) is 10.6. The van der Waals surface area contributed by atoms with Gasteiger partial charge in [-0.1, -0.05) is 36.4 Å². The second kappa shape index (κ2) is 10.3. The van der Waals surface area contributed by atoms with E-state index in [1.54, 1.807) is 0 Å². The summed E-state index contributed by atoms with van der Waals surface area (Å²) in [5.41, 5.74) is 1.27. The molecule has 0 saturated carbocycles. The topological polar surface area (TPSA) is 64.2 Å². The number of carbonyl (C=O) groups is 1. The molecule has 4 rings (SSSR count). The summed E-state index contributed by atoms with van der Waals surface area (Å²) in [6, 6.07) is 15.1. The smallest absolute Gasteiger partial charge is 0.243 e. The molecule has 0 radical (unpaired) electrons. The average molecular weight is 475 g/mol. The summed E-state index contributed by atoms with van der Waals surface area (Å²) < 4.78 is 40.5. The summed E-state index contributed by atoms with van der Waals surface area (Å²) in [6.07, 6.45) is 0. The van der Waals surface area contributed by atoms with Crippen LogP contribution >= 0.6 is 0 Å². The van der Waals surface area contributed by atoms with Crippen LogP contribution in [0.5, 0.6) is 0 Å². The van der Waals surface area contributed by atoms with Gasteiger partial charge in [0.2, 0.25) is 15.9 Å². The van der Waals surface area contributed by atoms with Gasteiger partial charge < -0.3 is 4.90 Å². The summed E-state index contributed by atoms with van der Waals surface area (Å²) >= 11 is 0. The number of rotatable bonds is 6. The van der Waals surface area contributed by atoms with Crippen LogP contribution in [0.25, 0.3) is 0 Å². The molecule has 2 aromatic rings. The Morgan fingerprint density at radius 3 is 2.21 bits per heavy atom. The minimum Gasteiger partial charge on any atom is -0.339 e. The van der Waals surface area contributed by atoms with E-state index in [0.29, 0.717) is 26.2 Å². The van der Waals surface area contributed by atoms with Crippen LogP contribution in [0.3, 0.4) is 0 Å². The number of amides is 1. The summed E-state index contributed by atoms with van der Waals surface area (Å²) in [4.78, 5) is 19.4. The van der Waals surface area contributed by atoms with E-state index in [1.165, 1.54) is 28.1 Å². The monoisotopic (exact) mass is 474 g/mol. The van der Waals surface area contributed by atoms with Crippen molar-refractivity contribution >= 4 is 15.9 Å². The van der Waals surface area contributed by atoms with E-state index in [0.717, 1.165) is 25.7 Å². The van der Waals surface area contributed by atoms with Crippen molar-refractivity contribution in [1.82, 2.24) is 19.0 Å². The highest BCUT2D eigenvalue weighted by Gasteiger charge is 2.34. The van der Waals surface area contributed by atoms with Crippen molar-refractivity contribution in [3.05, 3.63) is 66.0 Å². The molecule has 2 aliphatic heterocycles. The Bertz CT molecular complexity index is 1050. The van der Waals surface area contributed by atoms with Crippen LogP contribution in [0.4, 0.5) is 4.39 Å². The Labute approximate surface area is 195 Å². The van der Waals surface area contributed by atoms with Gasteiger partial charge in [0.05, 0.1) is 10.9 Å². The van der Waals surface area contributed by atoms with E-state index in [4.69, 9.17) is 0 Å². The molecular formula is C24H31FN4O3S. The predicted molar refractivity (Wildman–Crippen MR) is 124 cm³/mol. The molecule has 2 heterocycles. The minimum absolute atomic E-state index is 0.0338. The van der Waals surface area contributed by atoms with Gasteiger partial charge in [-0.3, -0.25) is 14.6 Å². The molecular weight excluding hydrogens is 443 g/mol. The average Bonchev–Trinajstić information content (AvgIpc) is 2.84. The van der Waals surface area contributed by atoms with Crippen LogP contribution in [-0.2, 0) is 21.4 Å². The van der Waals surface area contributed by atoms with Crippen molar-refractivity contribution in [3.8, 4) is 0 Å². The zero-order valence-corrected chi connectivity index (χ0v) is 19.8. The Balaban J connectivity index is 1.27. The molecule has 1 amide bonds. The number of benzene rings is 2. The maximum Gasteiger partial charge on any atom is 0.243 e. The summed E-state index contributed by atoms with van der Waals surface area (Å²) in [5, 5.41) is 0. The van der Waals surface area contributed by atoms with E-state index in [9.17, 15) is 17.6 Å². The van der Waals surface area contributed by atoms with Gasteiger partial charge in [0.1, 0.15) is 5.82 Å². The van der Waals surface area contributed by atoms with Crippen LogP contribution in [-0.4, -0.2) is 91.7 Å². The molecule has 0 spiro atoms. The number of hydrogen-bond donors (Lipinski definition) is 0. The maximum atomic E-state index is 13.5. The zero-order valence-electron chi connectivity index (χ0n) is 18.9. The summed E-state index contributed by atoms with van der Waals surface area (Å²) in [6.45, 7) is 7.36. The molecule has 2 fully saturated rings. The molecule has 2 aliphatic rings. The molecule has 0 unspecified atom stereocenters. The van der Waals surface area contributed by atoms with Crippen molar-refractivity contribution in [3.63, 3.8) is 0 Å². The summed E-state index contributed by atoms with van der Waals surface area (Å²) in [7, 11) is -3.74. The SMILES string of the molecule is C[C@@H](C(=O)N1CCN(Cc2ccccc2)CC1)N1CCN(S(=O)(=O)c2cccc(F)c2)CC1. The molecule has 9 heteroatoms. The Hall–Kier alpha value is -2.33. The van der Waals surface area contributed by atoms with E-state index in [1.807, 2.05) is 34.9 Å². The first-order valence-electron chi connectivity index (χ1n) is 11.4. The Morgan fingerprint density at radius 2 is 1.58 bits per heavy atom. The number of hydrogen-bond acceptors (Lipinski definition) is 5. The van der Waals surface area contributed by atoms with Gasteiger partial charge in [-0.25, -0.2) is 12.8 Å². The highest BCUT2D eigenvalue weighted by Crippen LogP contribution is 2.20. The number of sulfonamides is 1. The Morgan fingerprint density at radius 1 is 0.909 bits per heavy atom. The molecule has 0 bridgehead atoms. The van der Waals surface area contributed by atoms with E-state index >= 15 is 0 Å². The lowest BCUT2D eigenvalue weighted by Gasteiger charge is -2.40. The quantitative estimate of drug-likeness (QED) is 0.640. The third-order valence-corrected chi connectivity index (χ3v) is 8.44. The van der Waals surface area contributed by atoms with Gasteiger partial charge >= 0.3 is 0 Å². The molecule has 0 aromatic heterocycles. The first kappa shape index (κ1) is 23.8. The molecule has 2 saturated heterocycles. The van der Waals surface area contributed by atoms with Crippen molar-refractivity contribution < 1.29 is 17.6 Å². The molecule has 2 aromatic carbocycles. The molecule has 1 atom stereocenters. The van der Waals surface area contributed by atoms with Gasteiger partial charge in [-0.15, -0.1) is 0 Å². The molecule has 0 N–H and O–H groups in total. The third kappa shape index (κ3) is 5.60. The third-order valence-electron chi connectivity index (χ3n) is 6.55. The Kier molecular flexibility index (Phi) is 7.43. The van der Waals surface area contributed by atoms with Gasteiger partial charge in [-0.05, 0) is 30.7 Å². The fourth-order valence-electron chi connectivity index (χ4n) is 4.50. The minimum atomic E-state index is -3.74. The first-order valence-corrected chi connectivity index (χ1v) is 12.8. The largest absolute Gasteiger partial charge is 0.339 e. The van der Waals surface area contributed by atoms with E-state index in [2.05, 4.69) is 17.0 Å². The fraction of sp³-hybridized carbons (Fsp3) is 0.458. The van der Waals surface area contributed by atoms with E-state index < -0.39 is 15.8 Å². The fourth-order valence-corrected chi connectivity index (χ4v) is 5.95. The number of carbonyl (C=O) groups excluding carboxylic acids is 1. The van der Waals surface area contributed by atoms with Gasteiger partial charge in [0.25, 0.3) is 0 Å². The lowest BCUT2D eigenvalue weighted by Crippen LogP contribution is -2.57. The number of piperazine rings is 2. The first-order chi connectivity index (χ1) is 15.8. The van der Waals surface area contributed by atoms with Crippen molar-refractivity contribution in [1.29, 1.82) is 0 Å². The zero-order chi connectivity index (χ0) is 23.4. The van der Waals surface area contributed by atoms with Crippen LogP contribution < -0.4 is 0 Å². The van der Waals surface area contributed by atoms with Gasteiger partial charge in [0, 0.05) is 58.9 Å². The lowest BCUT2D eigenvalue weighted by atomic mass is 10.1. The molecule has 33 heavy (non-hydrogen) atoms. The predicted octanol–water partition coefficient (Wildman–Crippen LogP) is 1.86. The van der Waals surface area contributed by atoms with Crippen LogP contribution in [0.2, 0.25) is 0 Å². The number of halogens is 1. The van der Waals surface area contributed by atoms with Crippen LogP contribution in [0, 0.1) is 5.82 Å². The molecule has 0 aliphatic carbocycles. The van der Waals surface area contributed by atoms with Gasteiger partial charge in [-0.2, -0.15) is 4.31 Å². The highest BCUT2D eigenvalue weighted by atomic mass is 32.2. The van der Waals surface area contributed by atoms with Crippen molar-refractivity contribution in [2.24, 2.45) is 0 Å². The van der Waals surface area contributed by atoms with Crippen LogP contribution in [0.1, 0.15) is 12.5 Å².